The second-order valence-electron chi connectivity index (χ2n) is 5.57. The van der Waals surface area contributed by atoms with Gasteiger partial charge in [-0.15, -0.1) is 12.6 Å². The molecule has 4 rings (SSSR count). The minimum atomic E-state index is 1.01. The first-order chi connectivity index (χ1) is 10.3. The molecule has 0 unspecified atom stereocenters. The molecular formula is C20H16S. The molecule has 0 radical (unpaired) electrons. The Morgan fingerprint density at radius 2 is 1.57 bits per heavy atom. The predicted molar refractivity (Wildman–Crippen MR) is 93.2 cm³/mol. The number of fused-ring (bicyclic) bond motifs is 2. The zero-order chi connectivity index (χ0) is 14.2. The number of hydrogen-bond acceptors (Lipinski definition) is 1. The summed E-state index contributed by atoms with van der Waals surface area (Å²) in [6.07, 6.45) is 6.64. The van der Waals surface area contributed by atoms with Crippen molar-refractivity contribution in [2.45, 2.75) is 17.7 Å². The summed E-state index contributed by atoms with van der Waals surface area (Å²) in [6.45, 7) is 0. The quantitative estimate of drug-likeness (QED) is 0.447. The van der Waals surface area contributed by atoms with Crippen LogP contribution in [0, 0.1) is 0 Å². The molecule has 3 aromatic carbocycles. The van der Waals surface area contributed by atoms with Crippen LogP contribution in [0.5, 0.6) is 0 Å². The van der Waals surface area contributed by atoms with Gasteiger partial charge >= 0.3 is 0 Å². The zero-order valence-electron chi connectivity index (χ0n) is 11.7. The molecule has 0 atom stereocenters. The molecule has 0 heterocycles. The zero-order valence-corrected chi connectivity index (χ0v) is 12.6. The van der Waals surface area contributed by atoms with Gasteiger partial charge in [-0.25, -0.2) is 0 Å². The van der Waals surface area contributed by atoms with Crippen molar-refractivity contribution in [1.29, 1.82) is 0 Å². The molecule has 0 saturated heterocycles. The van der Waals surface area contributed by atoms with Crippen LogP contribution in [0.25, 0.3) is 21.9 Å². The Hall–Kier alpha value is -1.99. The van der Waals surface area contributed by atoms with E-state index in [4.69, 9.17) is 0 Å². The van der Waals surface area contributed by atoms with E-state index in [2.05, 4.69) is 79.4 Å². The normalized spacial score (nSPS) is 13.4. The van der Waals surface area contributed by atoms with Crippen LogP contribution < -0.4 is 0 Å². The summed E-state index contributed by atoms with van der Waals surface area (Å²) in [6, 6.07) is 19.7. The first-order valence-corrected chi connectivity index (χ1v) is 7.75. The van der Waals surface area contributed by atoms with Crippen molar-refractivity contribution in [3.8, 4) is 11.1 Å². The molecule has 0 saturated carbocycles. The molecule has 0 amide bonds. The lowest BCUT2D eigenvalue weighted by molar-refractivity contribution is 1.10. The standard InChI is InChI=1S/C20H16S/c21-18-11-10-15-12-17(9-8-16(15)13-18)20-7-3-5-14-4-1-2-6-19(14)20/h1-3,5,7-13,21H,4,6H2. The van der Waals surface area contributed by atoms with Gasteiger partial charge in [0.15, 0.2) is 0 Å². The Labute approximate surface area is 130 Å². The van der Waals surface area contributed by atoms with E-state index in [0.717, 1.165) is 17.7 Å². The summed E-state index contributed by atoms with van der Waals surface area (Å²) in [7, 11) is 0. The van der Waals surface area contributed by atoms with Gasteiger partial charge < -0.3 is 0 Å². The molecule has 0 spiro atoms. The van der Waals surface area contributed by atoms with Gasteiger partial charge in [-0.3, -0.25) is 0 Å². The maximum atomic E-state index is 4.41. The summed E-state index contributed by atoms with van der Waals surface area (Å²) in [5.41, 5.74) is 5.61. The Bertz CT molecular complexity index is 859. The summed E-state index contributed by atoms with van der Waals surface area (Å²) in [5.74, 6) is 0. The summed E-state index contributed by atoms with van der Waals surface area (Å²) in [4.78, 5) is 1.01. The smallest absolute Gasteiger partial charge is 0.00463 e. The highest BCUT2D eigenvalue weighted by Gasteiger charge is 2.11. The van der Waals surface area contributed by atoms with E-state index in [1.165, 1.54) is 33.0 Å². The van der Waals surface area contributed by atoms with Gasteiger partial charge in [-0.1, -0.05) is 48.6 Å². The largest absolute Gasteiger partial charge is 0.143 e. The molecule has 3 aromatic rings. The number of hydrogen-bond donors (Lipinski definition) is 1. The van der Waals surface area contributed by atoms with Crippen molar-refractivity contribution in [1.82, 2.24) is 0 Å². The van der Waals surface area contributed by atoms with Gasteiger partial charge in [-0.2, -0.15) is 0 Å². The van der Waals surface area contributed by atoms with Crippen LogP contribution in [0.15, 0.2) is 71.6 Å². The highest BCUT2D eigenvalue weighted by atomic mass is 32.1. The van der Waals surface area contributed by atoms with Gasteiger partial charge in [0, 0.05) is 4.90 Å². The lowest BCUT2D eigenvalue weighted by Crippen LogP contribution is -1.99. The molecule has 1 aliphatic carbocycles. The second-order valence-corrected chi connectivity index (χ2v) is 6.09. The van der Waals surface area contributed by atoms with E-state index >= 15 is 0 Å². The minimum absolute atomic E-state index is 1.01. The third-order valence-electron chi connectivity index (χ3n) is 4.23. The van der Waals surface area contributed by atoms with Crippen molar-refractivity contribution < 1.29 is 0 Å². The molecule has 1 aliphatic rings. The second kappa shape index (κ2) is 5.09. The van der Waals surface area contributed by atoms with Crippen LogP contribution in [0.1, 0.15) is 11.1 Å². The van der Waals surface area contributed by atoms with Gasteiger partial charge in [0.2, 0.25) is 0 Å². The molecule has 0 aromatic heterocycles. The molecule has 0 fully saturated rings. The molecular weight excluding hydrogens is 272 g/mol. The Balaban J connectivity index is 1.89. The first kappa shape index (κ1) is 12.7. The van der Waals surface area contributed by atoms with Gasteiger partial charge in [0.25, 0.3) is 0 Å². The molecule has 0 nitrogen and oxygen atoms in total. The van der Waals surface area contributed by atoms with Crippen molar-refractivity contribution in [3.05, 3.63) is 77.9 Å². The van der Waals surface area contributed by atoms with Crippen molar-refractivity contribution in [2.75, 3.05) is 0 Å². The lowest BCUT2D eigenvalue weighted by Gasteiger charge is -2.16. The molecule has 0 N–H and O–H groups in total. The van der Waals surface area contributed by atoms with E-state index in [-0.39, 0.29) is 0 Å². The average Bonchev–Trinajstić information content (AvgIpc) is 2.54. The fourth-order valence-electron chi connectivity index (χ4n) is 3.15. The maximum absolute atomic E-state index is 4.41. The number of benzene rings is 3. The van der Waals surface area contributed by atoms with Crippen LogP contribution in [-0.2, 0) is 12.8 Å². The Morgan fingerprint density at radius 3 is 2.52 bits per heavy atom. The fourth-order valence-corrected chi connectivity index (χ4v) is 3.36. The topological polar surface area (TPSA) is 0 Å². The summed E-state index contributed by atoms with van der Waals surface area (Å²) < 4.78 is 0. The Morgan fingerprint density at radius 1 is 0.762 bits per heavy atom. The third-order valence-corrected chi connectivity index (χ3v) is 4.51. The van der Waals surface area contributed by atoms with Gasteiger partial charge in [-0.05, 0) is 64.1 Å². The predicted octanol–water partition coefficient (Wildman–Crippen LogP) is 5.45. The monoisotopic (exact) mass is 288 g/mol. The van der Waals surface area contributed by atoms with E-state index in [0.29, 0.717) is 0 Å². The van der Waals surface area contributed by atoms with E-state index in [1.807, 2.05) is 0 Å². The highest BCUT2D eigenvalue weighted by Crippen LogP contribution is 2.32. The molecule has 102 valence electrons. The van der Waals surface area contributed by atoms with Crippen molar-refractivity contribution >= 4 is 23.4 Å². The van der Waals surface area contributed by atoms with Crippen molar-refractivity contribution in [3.63, 3.8) is 0 Å². The molecule has 21 heavy (non-hydrogen) atoms. The van der Waals surface area contributed by atoms with Crippen LogP contribution in [-0.4, -0.2) is 0 Å². The summed E-state index contributed by atoms with van der Waals surface area (Å²) >= 11 is 4.41. The first-order valence-electron chi connectivity index (χ1n) is 7.30. The van der Waals surface area contributed by atoms with Crippen LogP contribution in [0.2, 0.25) is 0 Å². The highest BCUT2D eigenvalue weighted by molar-refractivity contribution is 7.80. The van der Waals surface area contributed by atoms with E-state index in [1.54, 1.807) is 0 Å². The van der Waals surface area contributed by atoms with Crippen LogP contribution in [0.3, 0.4) is 0 Å². The van der Waals surface area contributed by atoms with Gasteiger partial charge in [0.1, 0.15) is 0 Å². The van der Waals surface area contributed by atoms with E-state index < -0.39 is 0 Å². The van der Waals surface area contributed by atoms with Crippen LogP contribution >= 0.6 is 12.6 Å². The molecule has 0 bridgehead atoms. The number of rotatable bonds is 1. The van der Waals surface area contributed by atoms with Crippen molar-refractivity contribution in [2.24, 2.45) is 0 Å². The average molecular weight is 288 g/mol. The number of allylic oxidation sites excluding steroid dienone is 2. The van der Waals surface area contributed by atoms with Gasteiger partial charge in [0.05, 0.1) is 0 Å². The lowest BCUT2D eigenvalue weighted by atomic mass is 9.88. The molecule has 0 aliphatic heterocycles. The number of thiol groups is 1. The SMILES string of the molecule is Sc1ccc2cc(-c3cccc4c3CC=CC4)ccc2c1. The van der Waals surface area contributed by atoms with Crippen LogP contribution in [0.4, 0.5) is 0 Å². The fraction of sp³-hybridized carbons (Fsp3) is 0.100. The summed E-state index contributed by atoms with van der Waals surface area (Å²) in [5, 5.41) is 2.52. The Kier molecular flexibility index (Phi) is 3.08. The third kappa shape index (κ3) is 2.28. The maximum Gasteiger partial charge on any atom is 0.00463 e. The molecule has 1 heteroatoms. The minimum Gasteiger partial charge on any atom is -0.143 e. The van der Waals surface area contributed by atoms with E-state index in [9.17, 15) is 0 Å².